The Kier molecular flexibility index (Phi) is 4.47. The number of nitrogens with zero attached hydrogens (tertiary/aromatic N) is 3. The molecule has 7 heteroatoms. The number of carbonyl (C=O) groups is 1. The minimum Gasteiger partial charge on any atom is -0.366 e. The summed E-state index contributed by atoms with van der Waals surface area (Å²) < 4.78 is 0. The molecule has 1 N–H and O–H groups in total. The van der Waals surface area contributed by atoms with Crippen LogP contribution in [0.15, 0.2) is 18.2 Å². The van der Waals surface area contributed by atoms with Gasteiger partial charge in [-0.1, -0.05) is 0 Å². The van der Waals surface area contributed by atoms with Crippen molar-refractivity contribution in [2.45, 2.75) is 25.8 Å². The molecule has 1 amide bonds. The number of hydrogen-bond acceptors (Lipinski definition) is 5. The average Bonchev–Trinajstić information content (AvgIpc) is 3.08. The molecule has 2 saturated heterocycles. The van der Waals surface area contributed by atoms with E-state index in [1.165, 1.54) is 6.07 Å². The lowest BCUT2D eigenvalue weighted by atomic mass is 10.1. The molecular weight excluding hydrogens is 296 g/mol. The number of hydrogen-bond donors (Lipinski definition) is 1. The summed E-state index contributed by atoms with van der Waals surface area (Å²) in [5.74, 6) is -0.130. The van der Waals surface area contributed by atoms with E-state index in [-0.39, 0.29) is 22.6 Å². The third kappa shape index (κ3) is 3.29. The Hall–Kier alpha value is -2.15. The van der Waals surface area contributed by atoms with Crippen molar-refractivity contribution in [1.29, 1.82) is 0 Å². The first-order valence-electron chi connectivity index (χ1n) is 8.12. The molecule has 0 aromatic heterocycles. The fourth-order valence-corrected chi connectivity index (χ4v) is 3.33. The summed E-state index contributed by atoms with van der Waals surface area (Å²) in [7, 11) is 0. The van der Waals surface area contributed by atoms with Crippen LogP contribution < -0.4 is 10.2 Å². The van der Waals surface area contributed by atoms with Crippen LogP contribution in [0.4, 0.5) is 11.4 Å². The van der Waals surface area contributed by atoms with Gasteiger partial charge in [-0.15, -0.1) is 0 Å². The topological polar surface area (TPSA) is 78.7 Å². The van der Waals surface area contributed by atoms with Crippen LogP contribution in [0.2, 0.25) is 0 Å². The molecule has 1 unspecified atom stereocenters. The number of amides is 1. The zero-order valence-electron chi connectivity index (χ0n) is 13.3. The number of nitro groups is 1. The first-order valence-corrected chi connectivity index (χ1v) is 8.12. The first-order chi connectivity index (χ1) is 11.1. The van der Waals surface area contributed by atoms with Gasteiger partial charge in [-0.05, 0) is 31.9 Å². The second kappa shape index (κ2) is 6.54. The van der Waals surface area contributed by atoms with Gasteiger partial charge >= 0.3 is 0 Å². The third-order valence-electron chi connectivity index (χ3n) is 4.52. The molecule has 1 atom stereocenters. The van der Waals surface area contributed by atoms with E-state index in [1.54, 1.807) is 17.0 Å². The molecule has 1 aromatic rings. The standard InChI is InChI=1S/C16H22N4O3/c1-12-11-19(9-6-17-12)16(21)13-4-5-14(15(10-13)20(22)23)18-7-2-3-8-18/h4-5,10,12,17H,2-3,6-9,11H2,1H3. The average molecular weight is 318 g/mol. The van der Waals surface area contributed by atoms with E-state index in [2.05, 4.69) is 5.32 Å². The fraction of sp³-hybridized carbons (Fsp3) is 0.562. The molecular formula is C16H22N4O3. The highest BCUT2D eigenvalue weighted by Gasteiger charge is 2.26. The van der Waals surface area contributed by atoms with Gasteiger partial charge in [0.25, 0.3) is 11.6 Å². The number of carbonyl (C=O) groups excluding carboxylic acids is 1. The van der Waals surface area contributed by atoms with Gasteiger partial charge in [-0.25, -0.2) is 0 Å². The van der Waals surface area contributed by atoms with Crippen molar-refractivity contribution >= 4 is 17.3 Å². The van der Waals surface area contributed by atoms with Gasteiger partial charge in [0, 0.05) is 50.4 Å². The summed E-state index contributed by atoms with van der Waals surface area (Å²) in [4.78, 5) is 27.4. The van der Waals surface area contributed by atoms with Crippen molar-refractivity contribution in [3.05, 3.63) is 33.9 Å². The Labute approximate surface area is 135 Å². The van der Waals surface area contributed by atoms with Crippen molar-refractivity contribution in [3.8, 4) is 0 Å². The molecule has 0 spiro atoms. The second-order valence-electron chi connectivity index (χ2n) is 6.26. The van der Waals surface area contributed by atoms with E-state index in [4.69, 9.17) is 0 Å². The minimum atomic E-state index is -0.384. The fourth-order valence-electron chi connectivity index (χ4n) is 3.33. The molecule has 23 heavy (non-hydrogen) atoms. The molecule has 2 aliphatic heterocycles. The Balaban J connectivity index is 1.86. The summed E-state index contributed by atoms with van der Waals surface area (Å²) in [5, 5.41) is 14.7. The van der Waals surface area contributed by atoms with Gasteiger partial charge in [-0.2, -0.15) is 0 Å². The van der Waals surface area contributed by atoms with Crippen LogP contribution >= 0.6 is 0 Å². The van der Waals surface area contributed by atoms with E-state index < -0.39 is 0 Å². The number of anilines is 1. The maximum atomic E-state index is 12.6. The van der Waals surface area contributed by atoms with Crippen LogP contribution in [0.3, 0.4) is 0 Å². The van der Waals surface area contributed by atoms with E-state index in [0.717, 1.165) is 32.5 Å². The van der Waals surface area contributed by atoms with Gasteiger partial charge in [0.2, 0.25) is 0 Å². The summed E-state index contributed by atoms with van der Waals surface area (Å²) in [6, 6.07) is 5.12. The predicted octanol–water partition coefficient (Wildman–Crippen LogP) is 1.63. The summed E-state index contributed by atoms with van der Waals surface area (Å²) in [6.07, 6.45) is 2.10. The number of nitro benzene ring substituents is 1. The first kappa shape index (κ1) is 15.7. The van der Waals surface area contributed by atoms with Crippen molar-refractivity contribution in [1.82, 2.24) is 10.2 Å². The summed E-state index contributed by atoms with van der Waals surface area (Å²) >= 11 is 0. The molecule has 3 rings (SSSR count). The van der Waals surface area contributed by atoms with Crippen LogP contribution in [0.25, 0.3) is 0 Å². The molecule has 2 fully saturated rings. The van der Waals surface area contributed by atoms with Crippen LogP contribution in [0, 0.1) is 10.1 Å². The predicted molar refractivity (Wildman–Crippen MR) is 87.9 cm³/mol. The molecule has 0 radical (unpaired) electrons. The molecule has 7 nitrogen and oxygen atoms in total. The second-order valence-corrected chi connectivity index (χ2v) is 6.26. The van der Waals surface area contributed by atoms with Gasteiger partial charge in [-0.3, -0.25) is 14.9 Å². The van der Waals surface area contributed by atoms with E-state index in [0.29, 0.717) is 24.3 Å². The van der Waals surface area contributed by atoms with Crippen molar-refractivity contribution in [2.24, 2.45) is 0 Å². The zero-order valence-corrected chi connectivity index (χ0v) is 13.3. The quantitative estimate of drug-likeness (QED) is 0.677. The molecule has 1 aromatic carbocycles. The van der Waals surface area contributed by atoms with E-state index >= 15 is 0 Å². The van der Waals surface area contributed by atoms with E-state index in [9.17, 15) is 14.9 Å². The highest BCUT2D eigenvalue weighted by atomic mass is 16.6. The van der Waals surface area contributed by atoms with Gasteiger partial charge in [0.05, 0.1) is 4.92 Å². The Morgan fingerprint density at radius 1 is 1.30 bits per heavy atom. The molecule has 124 valence electrons. The summed E-state index contributed by atoms with van der Waals surface area (Å²) in [5.41, 5.74) is 1.05. The van der Waals surface area contributed by atoms with Crippen molar-refractivity contribution < 1.29 is 9.72 Å². The maximum Gasteiger partial charge on any atom is 0.293 e. The van der Waals surface area contributed by atoms with Gasteiger partial charge in [0.15, 0.2) is 0 Å². The Morgan fingerprint density at radius 2 is 2.04 bits per heavy atom. The number of piperazine rings is 1. The Bertz CT molecular complexity index is 613. The highest BCUT2D eigenvalue weighted by molar-refractivity contribution is 5.96. The highest BCUT2D eigenvalue weighted by Crippen LogP contribution is 2.32. The monoisotopic (exact) mass is 318 g/mol. The maximum absolute atomic E-state index is 12.6. The minimum absolute atomic E-state index is 0.0286. The lowest BCUT2D eigenvalue weighted by Gasteiger charge is -2.32. The normalized spacial score (nSPS) is 21.5. The Morgan fingerprint density at radius 3 is 2.70 bits per heavy atom. The van der Waals surface area contributed by atoms with Crippen molar-refractivity contribution in [2.75, 3.05) is 37.6 Å². The SMILES string of the molecule is CC1CN(C(=O)c2ccc(N3CCCC3)c([N+](=O)[O-])c2)CCN1. The molecule has 0 saturated carbocycles. The van der Waals surface area contributed by atoms with Crippen LogP contribution in [0.5, 0.6) is 0 Å². The molecule has 2 heterocycles. The van der Waals surface area contributed by atoms with Crippen LogP contribution in [0.1, 0.15) is 30.1 Å². The molecule has 0 bridgehead atoms. The smallest absolute Gasteiger partial charge is 0.293 e. The van der Waals surface area contributed by atoms with Gasteiger partial charge in [0.1, 0.15) is 5.69 Å². The van der Waals surface area contributed by atoms with E-state index in [1.807, 2.05) is 11.8 Å². The zero-order chi connectivity index (χ0) is 16.4. The number of rotatable bonds is 3. The van der Waals surface area contributed by atoms with Crippen molar-refractivity contribution in [3.63, 3.8) is 0 Å². The molecule has 2 aliphatic rings. The number of nitrogens with one attached hydrogen (secondary N) is 1. The lowest BCUT2D eigenvalue weighted by molar-refractivity contribution is -0.384. The third-order valence-corrected chi connectivity index (χ3v) is 4.52. The molecule has 0 aliphatic carbocycles. The van der Waals surface area contributed by atoms with Crippen LogP contribution in [-0.2, 0) is 0 Å². The summed E-state index contributed by atoms with van der Waals surface area (Å²) in [6.45, 7) is 5.71. The van der Waals surface area contributed by atoms with Gasteiger partial charge < -0.3 is 15.1 Å². The largest absolute Gasteiger partial charge is 0.366 e. The van der Waals surface area contributed by atoms with Crippen LogP contribution in [-0.4, -0.2) is 54.5 Å². The lowest BCUT2D eigenvalue weighted by Crippen LogP contribution is -2.51. The number of benzene rings is 1.